The molecule has 1 unspecified atom stereocenters. The minimum atomic E-state index is -0.404. The van der Waals surface area contributed by atoms with Gasteiger partial charge >= 0.3 is 0 Å². The second-order valence-electron chi connectivity index (χ2n) is 6.99. The first kappa shape index (κ1) is 20.5. The molecule has 3 aromatic rings. The first-order valence-corrected chi connectivity index (χ1v) is 10.2. The lowest BCUT2D eigenvalue weighted by Crippen LogP contribution is -2.44. The van der Waals surface area contributed by atoms with Gasteiger partial charge in [0.05, 0.1) is 19.3 Å². The number of ether oxygens (including phenoxy) is 1. The van der Waals surface area contributed by atoms with Gasteiger partial charge in [0.15, 0.2) is 5.69 Å². The number of rotatable bonds is 6. The van der Waals surface area contributed by atoms with Crippen molar-refractivity contribution in [3.8, 4) is 5.69 Å². The van der Waals surface area contributed by atoms with E-state index in [0.717, 1.165) is 18.7 Å². The molecule has 0 saturated carbocycles. The SMILES string of the molecule is O=C(NCC(c1ccccc1Cl)N1CCOCC1)c1ccn(-c2ccccc2F)n1. The van der Waals surface area contributed by atoms with Crippen LogP contribution in [-0.4, -0.2) is 53.4 Å². The van der Waals surface area contributed by atoms with Gasteiger partial charge in [0.2, 0.25) is 0 Å². The number of halogens is 2. The van der Waals surface area contributed by atoms with Crippen LogP contribution >= 0.6 is 11.6 Å². The lowest BCUT2D eigenvalue weighted by molar-refractivity contribution is 0.0162. The molecule has 1 amide bonds. The number of para-hydroxylation sites is 1. The second kappa shape index (κ2) is 9.38. The van der Waals surface area contributed by atoms with Gasteiger partial charge in [0.1, 0.15) is 11.5 Å². The minimum Gasteiger partial charge on any atom is -0.379 e. The minimum absolute atomic E-state index is 0.0831. The number of amides is 1. The molecule has 0 bridgehead atoms. The number of carbonyl (C=O) groups is 1. The lowest BCUT2D eigenvalue weighted by atomic mass is 10.0. The normalized spacial score (nSPS) is 15.7. The summed E-state index contributed by atoms with van der Waals surface area (Å²) in [6.07, 6.45) is 1.57. The number of hydrogen-bond donors (Lipinski definition) is 1. The van der Waals surface area contributed by atoms with E-state index >= 15 is 0 Å². The van der Waals surface area contributed by atoms with Crippen molar-refractivity contribution in [3.05, 3.63) is 82.9 Å². The molecule has 0 aliphatic carbocycles. The fourth-order valence-electron chi connectivity index (χ4n) is 3.57. The van der Waals surface area contributed by atoms with Crippen LogP contribution in [0.5, 0.6) is 0 Å². The Morgan fingerprint density at radius 3 is 2.63 bits per heavy atom. The fourth-order valence-corrected chi connectivity index (χ4v) is 3.83. The third-order valence-electron chi connectivity index (χ3n) is 5.13. The van der Waals surface area contributed by atoms with Crippen molar-refractivity contribution in [2.45, 2.75) is 6.04 Å². The van der Waals surface area contributed by atoms with E-state index < -0.39 is 5.82 Å². The predicted octanol–water partition coefficient (Wildman–Crippen LogP) is 3.47. The lowest BCUT2D eigenvalue weighted by Gasteiger charge is -2.35. The van der Waals surface area contributed by atoms with Gasteiger partial charge in [-0.1, -0.05) is 41.9 Å². The average Bonchev–Trinajstić information content (AvgIpc) is 3.26. The van der Waals surface area contributed by atoms with E-state index in [1.807, 2.05) is 24.3 Å². The van der Waals surface area contributed by atoms with Crippen molar-refractivity contribution in [1.82, 2.24) is 20.0 Å². The van der Waals surface area contributed by atoms with Gasteiger partial charge in [-0.25, -0.2) is 9.07 Å². The Bertz CT molecular complexity index is 1020. The first-order valence-electron chi connectivity index (χ1n) is 9.78. The maximum atomic E-state index is 14.0. The Hall–Kier alpha value is -2.74. The molecular weight excluding hydrogens is 407 g/mol. The van der Waals surface area contributed by atoms with Crippen LogP contribution in [0.15, 0.2) is 60.8 Å². The summed E-state index contributed by atoms with van der Waals surface area (Å²) in [4.78, 5) is 15.0. The Morgan fingerprint density at radius 1 is 1.13 bits per heavy atom. The average molecular weight is 429 g/mol. The molecule has 1 saturated heterocycles. The van der Waals surface area contributed by atoms with Crippen molar-refractivity contribution in [2.24, 2.45) is 0 Å². The van der Waals surface area contributed by atoms with E-state index in [1.54, 1.807) is 30.5 Å². The molecule has 1 atom stereocenters. The number of morpholine rings is 1. The molecule has 8 heteroatoms. The van der Waals surface area contributed by atoms with Gasteiger partial charge < -0.3 is 10.1 Å². The van der Waals surface area contributed by atoms with Gasteiger partial charge in [-0.15, -0.1) is 0 Å². The molecule has 2 heterocycles. The van der Waals surface area contributed by atoms with E-state index in [4.69, 9.17) is 16.3 Å². The summed E-state index contributed by atoms with van der Waals surface area (Å²) in [7, 11) is 0. The Kier molecular flexibility index (Phi) is 6.42. The molecule has 6 nitrogen and oxygen atoms in total. The third-order valence-corrected chi connectivity index (χ3v) is 5.47. The number of nitrogens with zero attached hydrogens (tertiary/aromatic N) is 3. The largest absolute Gasteiger partial charge is 0.379 e. The van der Waals surface area contributed by atoms with Crippen LogP contribution in [0.25, 0.3) is 5.69 Å². The van der Waals surface area contributed by atoms with Gasteiger partial charge in [-0.2, -0.15) is 5.10 Å². The summed E-state index contributed by atoms with van der Waals surface area (Å²) in [5, 5.41) is 7.84. The summed E-state index contributed by atoms with van der Waals surface area (Å²) in [5.41, 5.74) is 1.47. The topological polar surface area (TPSA) is 59.4 Å². The zero-order chi connectivity index (χ0) is 20.9. The van der Waals surface area contributed by atoms with Crippen LogP contribution < -0.4 is 5.32 Å². The number of benzene rings is 2. The van der Waals surface area contributed by atoms with Crippen molar-refractivity contribution < 1.29 is 13.9 Å². The zero-order valence-corrected chi connectivity index (χ0v) is 17.1. The Labute approximate surface area is 179 Å². The van der Waals surface area contributed by atoms with E-state index in [-0.39, 0.29) is 17.6 Å². The maximum absolute atomic E-state index is 14.0. The van der Waals surface area contributed by atoms with E-state index in [1.165, 1.54) is 10.7 Å². The Balaban J connectivity index is 1.49. The van der Waals surface area contributed by atoms with Crippen molar-refractivity contribution in [3.63, 3.8) is 0 Å². The molecule has 1 fully saturated rings. The molecule has 4 rings (SSSR count). The standard InChI is InChI=1S/C22H22ClFN4O2/c23-17-6-2-1-5-16(17)21(27-11-13-30-14-12-27)15-25-22(29)19-9-10-28(26-19)20-8-4-3-7-18(20)24/h1-10,21H,11-15H2,(H,25,29). The van der Waals surface area contributed by atoms with Crippen molar-refractivity contribution >= 4 is 17.5 Å². The van der Waals surface area contributed by atoms with Gasteiger partial charge in [-0.05, 0) is 29.8 Å². The summed E-state index contributed by atoms with van der Waals surface area (Å²) in [5.74, 6) is -0.728. The molecule has 1 aromatic heterocycles. The van der Waals surface area contributed by atoms with Gasteiger partial charge in [-0.3, -0.25) is 9.69 Å². The highest BCUT2D eigenvalue weighted by atomic mass is 35.5. The number of carbonyl (C=O) groups excluding carboxylic acids is 1. The number of aromatic nitrogens is 2. The molecule has 156 valence electrons. The quantitative estimate of drug-likeness (QED) is 0.653. The number of nitrogens with one attached hydrogen (secondary N) is 1. The van der Waals surface area contributed by atoms with Crippen LogP contribution in [0.1, 0.15) is 22.1 Å². The van der Waals surface area contributed by atoms with Gasteiger partial charge in [0.25, 0.3) is 5.91 Å². The predicted molar refractivity (Wildman–Crippen MR) is 112 cm³/mol. The summed E-state index contributed by atoms with van der Waals surface area (Å²) in [6, 6.07) is 15.4. The van der Waals surface area contributed by atoms with Crippen molar-refractivity contribution in [2.75, 3.05) is 32.8 Å². The molecule has 1 aliphatic heterocycles. The van der Waals surface area contributed by atoms with Crippen LogP contribution in [0, 0.1) is 5.82 Å². The molecular formula is C22H22ClFN4O2. The van der Waals surface area contributed by atoms with Crippen LogP contribution in [0.3, 0.4) is 0 Å². The molecule has 1 N–H and O–H groups in total. The van der Waals surface area contributed by atoms with Crippen LogP contribution in [0.2, 0.25) is 5.02 Å². The fraction of sp³-hybridized carbons (Fsp3) is 0.273. The highest BCUT2D eigenvalue weighted by molar-refractivity contribution is 6.31. The number of hydrogen-bond acceptors (Lipinski definition) is 4. The molecule has 2 aromatic carbocycles. The third kappa shape index (κ3) is 4.53. The maximum Gasteiger partial charge on any atom is 0.271 e. The smallest absolute Gasteiger partial charge is 0.271 e. The second-order valence-corrected chi connectivity index (χ2v) is 7.40. The highest BCUT2D eigenvalue weighted by Crippen LogP contribution is 2.27. The highest BCUT2D eigenvalue weighted by Gasteiger charge is 2.25. The monoisotopic (exact) mass is 428 g/mol. The van der Waals surface area contributed by atoms with E-state index in [0.29, 0.717) is 30.5 Å². The van der Waals surface area contributed by atoms with Gasteiger partial charge in [0, 0.05) is 30.9 Å². The molecule has 30 heavy (non-hydrogen) atoms. The first-order chi connectivity index (χ1) is 14.6. The van der Waals surface area contributed by atoms with E-state index in [2.05, 4.69) is 15.3 Å². The molecule has 0 spiro atoms. The zero-order valence-electron chi connectivity index (χ0n) is 16.3. The van der Waals surface area contributed by atoms with Crippen LogP contribution in [0.4, 0.5) is 4.39 Å². The van der Waals surface area contributed by atoms with Crippen LogP contribution in [-0.2, 0) is 4.74 Å². The van der Waals surface area contributed by atoms with E-state index in [9.17, 15) is 9.18 Å². The summed E-state index contributed by atoms with van der Waals surface area (Å²) in [6.45, 7) is 3.17. The summed E-state index contributed by atoms with van der Waals surface area (Å²) >= 11 is 6.43. The molecule has 1 aliphatic rings. The molecule has 0 radical (unpaired) electrons. The van der Waals surface area contributed by atoms with Crippen molar-refractivity contribution in [1.29, 1.82) is 0 Å². The summed E-state index contributed by atoms with van der Waals surface area (Å²) < 4.78 is 20.8. The Morgan fingerprint density at radius 2 is 1.87 bits per heavy atom.